The summed E-state index contributed by atoms with van der Waals surface area (Å²) >= 11 is 0. The van der Waals surface area contributed by atoms with Crippen LogP contribution < -0.4 is 0 Å². The van der Waals surface area contributed by atoms with Crippen LogP contribution in [0.1, 0.15) is 0 Å². The van der Waals surface area contributed by atoms with Gasteiger partial charge in [-0.2, -0.15) is 9.97 Å². The van der Waals surface area contributed by atoms with E-state index >= 15 is 0 Å². The fourth-order valence-corrected chi connectivity index (χ4v) is 10.0. The Labute approximate surface area is 393 Å². The Morgan fingerprint density at radius 3 is 1.29 bits per heavy atom. The molecule has 5 heteroatoms. The van der Waals surface area contributed by atoms with Gasteiger partial charge < -0.3 is 4.57 Å². The summed E-state index contributed by atoms with van der Waals surface area (Å²) < 4.78 is 4.63. The fourth-order valence-electron chi connectivity index (χ4n) is 10.0. The molecule has 0 unspecified atom stereocenters. The molecule has 0 amide bonds. The maximum absolute atomic E-state index is 5.36. The van der Waals surface area contributed by atoms with Crippen molar-refractivity contribution in [3.63, 3.8) is 0 Å². The Kier molecular flexibility index (Phi) is 9.43. The maximum atomic E-state index is 5.36. The van der Waals surface area contributed by atoms with Crippen LogP contribution >= 0.6 is 0 Å². The normalized spacial score (nSPS) is 11.5. The Morgan fingerprint density at radius 1 is 0.250 bits per heavy atom. The molecule has 10 aromatic carbocycles. The van der Waals surface area contributed by atoms with E-state index in [0.29, 0.717) is 17.6 Å². The summed E-state index contributed by atoms with van der Waals surface area (Å²) in [6.07, 6.45) is 0. The van der Waals surface area contributed by atoms with Crippen molar-refractivity contribution in [3.05, 3.63) is 249 Å². The molecule has 13 rings (SSSR count). The van der Waals surface area contributed by atoms with Crippen molar-refractivity contribution >= 4 is 43.6 Å². The van der Waals surface area contributed by atoms with Gasteiger partial charge in [-0.3, -0.25) is 4.57 Å². The minimum Gasteiger partial charge on any atom is -0.309 e. The van der Waals surface area contributed by atoms with Crippen LogP contribution in [0.4, 0.5) is 0 Å². The highest BCUT2D eigenvalue weighted by molar-refractivity contribution is 6.14. The lowest BCUT2D eigenvalue weighted by Crippen LogP contribution is -2.07. The molecule has 3 heterocycles. The topological polar surface area (TPSA) is 48.5 Å². The number of fused-ring (bicyclic) bond motifs is 6. The third kappa shape index (κ3) is 6.68. The zero-order valence-electron chi connectivity index (χ0n) is 36.9. The van der Waals surface area contributed by atoms with Crippen LogP contribution in [0.2, 0.25) is 0 Å². The molecule has 0 N–H and O–H groups in total. The van der Waals surface area contributed by atoms with E-state index in [0.717, 1.165) is 83.0 Å². The van der Waals surface area contributed by atoms with Crippen molar-refractivity contribution in [2.24, 2.45) is 0 Å². The summed E-state index contributed by atoms with van der Waals surface area (Å²) in [5.74, 6) is 1.76. The van der Waals surface area contributed by atoms with Gasteiger partial charge in [-0.05, 0) is 69.8 Å². The van der Waals surface area contributed by atoms with E-state index in [1.165, 1.54) is 21.9 Å². The molecule has 318 valence electrons. The predicted molar refractivity (Wildman–Crippen MR) is 281 cm³/mol. The van der Waals surface area contributed by atoms with Crippen molar-refractivity contribution in [3.8, 4) is 78.9 Å². The van der Waals surface area contributed by atoms with Gasteiger partial charge >= 0.3 is 0 Å². The third-order valence-electron chi connectivity index (χ3n) is 13.2. The highest BCUT2D eigenvalue weighted by Crippen LogP contribution is 2.41. The standard InChI is InChI=1S/C63H41N5/c1-4-18-42(19-5-1)47-24-16-25-48(40-47)49-38-39-59(67-56-31-13-10-26-51(56)52-27-11-14-32-57(52)67)55(41-49)44-34-36-46(37-35-44)62-64-61(45-22-8-3-9-23-45)65-63(66-62)68-58-33-15-12-28-53(58)54-30-17-29-50(60(54)68)43-20-6-2-7-21-43/h1-41H. The van der Waals surface area contributed by atoms with Gasteiger partial charge in [-0.25, -0.2) is 4.98 Å². The Bertz CT molecular complexity index is 3950. The second-order valence-electron chi connectivity index (χ2n) is 17.2. The van der Waals surface area contributed by atoms with Gasteiger partial charge in [-0.15, -0.1) is 0 Å². The van der Waals surface area contributed by atoms with Crippen molar-refractivity contribution < 1.29 is 0 Å². The van der Waals surface area contributed by atoms with E-state index in [-0.39, 0.29) is 0 Å². The molecule has 0 aliphatic rings. The summed E-state index contributed by atoms with van der Waals surface area (Å²) in [5.41, 5.74) is 16.4. The number of nitrogens with zero attached hydrogens (tertiary/aromatic N) is 5. The Hall–Kier alpha value is -9.19. The SMILES string of the molecule is c1ccc(-c2cccc(-c3ccc(-n4c5ccccc5c5ccccc54)c(-c4ccc(-c5nc(-c6ccccc6)nc(-n6c7ccccc7c7cccc(-c8ccccc8)c76)n5)cc4)c3)c2)cc1. The molecule has 68 heavy (non-hydrogen) atoms. The number of hydrogen-bond acceptors (Lipinski definition) is 3. The molecular formula is C63H41N5. The van der Waals surface area contributed by atoms with Gasteiger partial charge in [0.05, 0.1) is 27.8 Å². The molecule has 0 fully saturated rings. The largest absolute Gasteiger partial charge is 0.309 e. The minimum absolute atomic E-state index is 0.562. The van der Waals surface area contributed by atoms with Crippen LogP contribution in [0.25, 0.3) is 123 Å². The average Bonchev–Trinajstić information content (AvgIpc) is 3.95. The summed E-state index contributed by atoms with van der Waals surface area (Å²) in [6, 6.07) is 88.3. The molecule has 0 spiro atoms. The highest BCUT2D eigenvalue weighted by atomic mass is 15.2. The van der Waals surface area contributed by atoms with Gasteiger partial charge in [0.15, 0.2) is 11.6 Å². The lowest BCUT2D eigenvalue weighted by molar-refractivity contribution is 0.954. The quantitative estimate of drug-likeness (QED) is 0.153. The first kappa shape index (κ1) is 39.2. The van der Waals surface area contributed by atoms with Gasteiger partial charge in [-0.1, -0.05) is 212 Å². The molecule has 0 aliphatic heterocycles. The molecule has 13 aromatic rings. The molecule has 0 aliphatic carbocycles. The van der Waals surface area contributed by atoms with Crippen LogP contribution in [0, 0.1) is 0 Å². The van der Waals surface area contributed by atoms with Gasteiger partial charge in [0.25, 0.3) is 0 Å². The van der Waals surface area contributed by atoms with E-state index in [2.05, 4.69) is 240 Å². The lowest BCUT2D eigenvalue weighted by Gasteiger charge is -2.17. The minimum atomic E-state index is 0.562. The van der Waals surface area contributed by atoms with Crippen LogP contribution in [0.3, 0.4) is 0 Å². The molecule has 0 saturated heterocycles. The van der Waals surface area contributed by atoms with Crippen LogP contribution in [0.5, 0.6) is 0 Å². The molecular weight excluding hydrogens is 827 g/mol. The number of benzene rings is 10. The zero-order valence-corrected chi connectivity index (χ0v) is 36.9. The number of para-hydroxylation sites is 4. The van der Waals surface area contributed by atoms with E-state index in [9.17, 15) is 0 Å². The van der Waals surface area contributed by atoms with Crippen LogP contribution in [-0.2, 0) is 0 Å². The number of aromatic nitrogens is 5. The first-order valence-electron chi connectivity index (χ1n) is 23.0. The predicted octanol–water partition coefficient (Wildman–Crippen LogP) is 16.1. The average molecular weight is 868 g/mol. The van der Waals surface area contributed by atoms with Crippen molar-refractivity contribution in [2.75, 3.05) is 0 Å². The van der Waals surface area contributed by atoms with E-state index in [4.69, 9.17) is 15.0 Å². The van der Waals surface area contributed by atoms with Crippen molar-refractivity contribution in [2.45, 2.75) is 0 Å². The summed E-state index contributed by atoms with van der Waals surface area (Å²) in [4.78, 5) is 15.8. The second kappa shape index (κ2) is 16.4. The molecule has 0 atom stereocenters. The van der Waals surface area contributed by atoms with Crippen molar-refractivity contribution in [1.29, 1.82) is 0 Å². The smallest absolute Gasteiger partial charge is 0.238 e. The Morgan fingerprint density at radius 2 is 0.662 bits per heavy atom. The van der Waals surface area contributed by atoms with Gasteiger partial charge in [0.2, 0.25) is 5.95 Å². The Balaban J connectivity index is 0.999. The molecule has 0 radical (unpaired) electrons. The highest BCUT2D eigenvalue weighted by Gasteiger charge is 2.21. The van der Waals surface area contributed by atoms with E-state index < -0.39 is 0 Å². The van der Waals surface area contributed by atoms with Gasteiger partial charge in [0.1, 0.15) is 0 Å². The summed E-state index contributed by atoms with van der Waals surface area (Å²) in [5, 5.41) is 4.73. The summed E-state index contributed by atoms with van der Waals surface area (Å²) in [7, 11) is 0. The summed E-state index contributed by atoms with van der Waals surface area (Å²) in [6.45, 7) is 0. The monoisotopic (exact) mass is 867 g/mol. The first-order valence-corrected chi connectivity index (χ1v) is 23.0. The van der Waals surface area contributed by atoms with Gasteiger partial charge in [0, 0.05) is 43.8 Å². The third-order valence-corrected chi connectivity index (χ3v) is 13.2. The van der Waals surface area contributed by atoms with Crippen molar-refractivity contribution in [1.82, 2.24) is 24.1 Å². The molecule has 3 aromatic heterocycles. The van der Waals surface area contributed by atoms with E-state index in [1.807, 2.05) is 18.2 Å². The maximum Gasteiger partial charge on any atom is 0.238 e. The molecule has 0 saturated carbocycles. The lowest BCUT2D eigenvalue weighted by atomic mass is 9.94. The number of hydrogen-bond donors (Lipinski definition) is 0. The fraction of sp³-hybridized carbons (Fsp3) is 0. The zero-order chi connectivity index (χ0) is 45.0. The first-order chi connectivity index (χ1) is 33.7. The van der Waals surface area contributed by atoms with Crippen LogP contribution in [-0.4, -0.2) is 24.1 Å². The van der Waals surface area contributed by atoms with E-state index in [1.54, 1.807) is 0 Å². The molecule has 0 bridgehead atoms. The second-order valence-corrected chi connectivity index (χ2v) is 17.2. The van der Waals surface area contributed by atoms with Crippen LogP contribution in [0.15, 0.2) is 249 Å². The number of rotatable bonds is 8. The molecule has 5 nitrogen and oxygen atoms in total.